The van der Waals surface area contributed by atoms with Gasteiger partial charge >= 0.3 is 0 Å². The lowest BCUT2D eigenvalue weighted by Gasteiger charge is -2.60. The van der Waals surface area contributed by atoms with Crippen LogP contribution in [0.5, 0.6) is 0 Å². The van der Waals surface area contributed by atoms with Gasteiger partial charge in [-0.1, -0.05) is 12.8 Å². The van der Waals surface area contributed by atoms with Crippen molar-refractivity contribution in [3.05, 3.63) is 11.8 Å². The second kappa shape index (κ2) is 11.6. The fourth-order valence-corrected chi connectivity index (χ4v) is 10.3. The molecular formula is C33H49FN4O5. The van der Waals surface area contributed by atoms with Crippen molar-refractivity contribution in [2.45, 2.75) is 119 Å². The number of fused-ring (bicyclic) bond motifs is 5. The van der Waals surface area contributed by atoms with E-state index < -0.39 is 24.2 Å². The third-order valence-corrected chi connectivity index (χ3v) is 12.5. The van der Waals surface area contributed by atoms with Gasteiger partial charge in [0.2, 0.25) is 0 Å². The number of hydrogen-bond donors (Lipinski definition) is 1. The van der Waals surface area contributed by atoms with Crippen LogP contribution >= 0.6 is 0 Å². The van der Waals surface area contributed by atoms with Crippen molar-refractivity contribution in [2.75, 3.05) is 46.4 Å². The molecule has 43 heavy (non-hydrogen) atoms. The zero-order chi connectivity index (χ0) is 29.2. The van der Waals surface area contributed by atoms with Crippen LogP contribution in [0.25, 0.3) is 0 Å². The lowest BCUT2D eigenvalue weighted by molar-refractivity contribution is -0.209. The minimum atomic E-state index is -1.21. The Morgan fingerprint density at radius 3 is 2.63 bits per heavy atom. The number of nitrogens with one attached hydrogen (secondary N) is 1. The number of amides is 1. The van der Waals surface area contributed by atoms with E-state index in [2.05, 4.69) is 22.2 Å². The lowest BCUT2D eigenvalue weighted by Crippen LogP contribution is -2.73. The normalized spacial score (nSPS) is 46.1. The average Bonchev–Trinajstić information content (AvgIpc) is 3.61. The Labute approximate surface area is 254 Å². The maximum absolute atomic E-state index is 16.2. The third-order valence-electron chi connectivity index (χ3n) is 12.5. The standard InChI is InChI=1S/C33H49FN4O5/c1-36-10-4-5-19(36)8-9-35-29-24(34)15-22-30-32(29)43-28-16-21-20-6-2-3-7-26(20)42-27(21)17-25(28)38(30)18-23(31(22)39)33(40)37-11-13-41-14-12-37/h18-22,24-30,32,35H,2-17H2,1H3. The van der Waals surface area contributed by atoms with E-state index in [1.165, 1.54) is 32.1 Å². The van der Waals surface area contributed by atoms with Gasteiger partial charge in [0, 0.05) is 31.2 Å². The Bertz CT molecular complexity index is 1120. The Balaban J connectivity index is 1.09. The zero-order valence-corrected chi connectivity index (χ0v) is 25.6. The molecule has 0 spiro atoms. The molecule has 10 heteroatoms. The van der Waals surface area contributed by atoms with Crippen molar-refractivity contribution in [2.24, 2.45) is 17.8 Å². The van der Waals surface area contributed by atoms with E-state index in [1.807, 2.05) is 6.20 Å². The second-order valence-electron chi connectivity index (χ2n) is 14.7. The molecule has 8 aliphatic rings. The van der Waals surface area contributed by atoms with E-state index in [9.17, 15) is 9.59 Å². The van der Waals surface area contributed by atoms with Crippen LogP contribution < -0.4 is 5.32 Å². The highest BCUT2D eigenvalue weighted by Crippen LogP contribution is 2.52. The second-order valence-corrected chi connectivity index (χ2v) is 14.7. The van der Waals surface area contributed by atoms with E-state index in [0.717, 1.165) is 38.8 Å². The van der Waals surface area contributed by atoms with Crippen LogP contribution in [0.2, 0.25) is 0 Å². The monoisotopic (exact) mass is 600 g/mol. The van der Waals surface area contributed by atoms with Gasteiger partial charge in [0.1, 0.15) is 6.17 Å². The molecule has 12 atom stereocenters. The molecule has 0 radical (unpaired) electrons. The third kappa shape index (κ3) is 4.98. The predicted octanol–water partition coefficient (Wildman–Crippen LogP) is 2.29. The van der Waals surface area contributed by atoms with Crippen LogP contribution in [0.3, 0.4) is 0 Å². The van der Waals surface area contributed by atoms with Crippen LogP contribution in [-0.2, 0) is 23.8 Å². The van der Waals surface area contributed by atoms with Gasteiger partial charge in [0.25, 0.3) is 5.91 Å². The highest BCUT2D eigenvalue weighted by molar-refractivity contribution is 6.20. The number of Topliss-reactive ketones (excluding diaryl/α,β-unsaturated/α-hetero) is 1. The Morgan fingerprint density at radius 1 is 0.977 bits per heavy atom. The first kappa shape index (κ1) is 28.9. The summed E-state index contributed by atoms with van der Waals surface area (Å²) in [5, 5.41) is 3.60. The SMILES string of the molecule is CN1CCCC1CCNC1C(F)CC2C(=O)C(C(=O)N3CCOCC3)=CN3C4CC5OC6CCCCC6C5CC4OC1C23. The van der Waals surface area contributed by atoms with Gasteiger partial charge in [-0.3, -0.25) is 9.59 Å². The van der Waals surface area contributed by atoms with Crippen LogP contribution in [0.1, 0.15) is 64.2 Å². The Morgan fingerprint density at radius 2 is 1.81 bits per heavy atom. The number of ketones is 1. The van der Waals surface area contributed by atoms with Gasteiger partial charge in [-0.25, -0.2) is 4.39 Å². The molecule has 0 aromatic rings. The smallest absolute Gasteiger partial charge is 0.259 e. The maximum Gasteiger partial charge on any atom is 0.259 e. The van der Waals surface area contributed by atoms with Crippen molar-refractivity contribution >= 4 is 11.7 Å². The summed E-state index contributed by atoms with van der Waals surface area (Å²) in [5.41, 5.74) is 0.216. The van der Waals surface area contributed by atoms with Gasteiger partial charge in [-0.05, 0) is 83.3 Å². The van der Waals surface area contributed by atoms with E-state index in [1.54, 1.807) is 4.90 Å². The van der Waals surface area contributed by atoms with E-state index in [0.29, 0.717) is 50.3 Å². The van der Waals surface area contributed by atoms with E-state index >= 15 is 4.39 Å². The maximum atomic E-state index is 16.2. The highest BCUT2D eigenvalue weighted by Gasteiger charge is 2.61. The zero-order valence-electron chi connectivity index (χ0n) is 25.6. The summed E-state index contributed by atoms with van der Waals surface area (Å²) in [5.74, 6) is 0.0192. The minimum absolute atomic E-state index is 0.0229. The number of alkyl halides is 1. The van der Waals surface area contributed by atoms with E-state index in [-0.39, 0.29) is 48.0 Å². The molecule has 12 unspecified atom stereocenters. The molecular weight excluding hydrogens is 551 g/mol. The summed E-state index contributed by atoms with van der Waals surface area (Å²) in [6.45, 7) is 3.76. The van der Waals surface area contributed by atoms with Gasteiger partial charge in [0.05, 0.1) is 61.3 Å². The average molecular weight is 601 g/mol. The number of nitrogens with zero attached hydrogens (tertiary/aromatic N) is 3. The molecule has 1 amide bonds. The number of hydrogen-bond acceptors (Lipinski definition) is 8. The van der Waals surface area contributed by atoms with Crippen LogP contribution in [-0.4, -0.2) is 128 Å². The van der Waals surface area contributed by atoms with Crippen molar-refractivity contribution in [1.82, 2.24) is 20.0 Å². The number of carbonyl (C=O) groups is 2. The van der Waals surface area contributed by atoms with Crippen molar-refractivity contribution in [1.29, 1.82) is 0 Å². The molecule has 238 valence electrons. The van der Waals surface area contributed by atoms with Gasteiger partial charge < -0.3 is 34.2 Å². The quantitative estimate of drug-likeness (QED) is 0.482. The van der Waals surface area contributed by atoms with Crippen molar-refractivity contribution in [3.8, 4) is 0 Å². The molecule has 9 nitrogen and oxygen atoms in total. The fraction of sp³-hybridized carbons (Fsp3) is 0.879. The number of likely N-dealkylation sites (tertiary alicyclic amines) is 1. The molecule has 5 aliphatic heterocycles. The number of carbonyl (C=O) groups excluding carboxylic acids is 2. The van der Waals surface area contributed by atoms with Gasteiger partial charge in [0.15, 0.2) is 5.78 Å². The molecule has 3 aliphatic carbocycles. The number of ether oxygens (including phenoxy) is 3. The predicted molar refractivity (Wildman–Crippen MR) is 157 cm³/mol. The minimum Gasteiger partial charge on any atom is -0.378 e. The van der Waals surface area contributed by atoms with Crippen molar-refractivity contribution in [3.63, 3.8) is 0 Å². The van der Waals surface area contributed by atoms with Crippen LogP contribution in [0, 0.1) is 17.8 Å². The first-order valence-corrected chi connectivity index (χ1v) is 17.3. The lowest BCUT2D eigenvalue weighted by atomic mass is 9.67. The summed E-state index contributed by atoms with van der Waals surface area (Å²) in [6, 6.07) is -0.179. The first-order valence-electron chi connectivity index (χ1n) is 17.3. The topological polar surface area (TPSA) is 83.6 Å². The number of halogens is 1. The number of morpholine rings is 2. The van der Waals surface area contributed by atoms with E-state index in [4.69, 9.17) is 14.2 Å². The molecule has 8 rings (SSSR count). The summed E-state index contributed by atoms with van der Waals surface area (Å²) in [6.07, 6.45) is 10.8. The summed E-state index contributed by atoms with van der Waals surface area (Å²) in [4.78, 5) is 34.2. The summed E-state index contributed by atoms with van der Waals surface area (Å²) in [7, 11) is 2.18. The largest absolute Gasteiger partial charge is 0.378 e. The number of rotatable bonds is 5. The molecule has 0 bridgehead atoms. The Hall–Kier alpha value is -1.59. The Kier molecular flexibility index (Phi) is 7.82. The molecule has 4 saturated heterocycles. The first-order chi connectivity index (χ1) is 21.0. The highest BCUT2D eigenvalue weighted by atomic mass is 19.1. The van der Waals surface area contributed by atoms with Gasteiger partial charge in [-0.2, -0.15) is 0 Å². The van der Waals surface area contributed by atoms with Crippen LogP contribution in [0.15, 0.2) is 11.8 Å². The molecule has 5 heterocycles. The van der Waals surface area contributed by atoms with Crippen molar-refractivity contribution < 1.29 is 28.2 Å². The summed E-state index contributed by atoms with van der Waals surface area (Å²) >= 11 is 0. The molecule has 7 fully saturated rings. The molecule has 0 aromatic heterocycles. The molecule has 0 aromatic carbocycles. The molecule has 3 saturated carbocycles. The molecule has 1 N–H and O–H groups in total. The van der Waals surface area contributed by atoms with Crippen LogP contribution in [0.4, 0.5) is 4.39 Å². The summed E-state index contributed by atoms with van der Waals surface area (Å²) < 4.78 is 35.4. The van der Waals surface area contributed by atoms with Gasteiger partial charge in [-0.15, -0.1) is 0 Å². The fourth-order valence-electron chi connectivity index (χ4n) is 10.3.